The molecule has 0 aliphatic carbocycles. The van der Waals surface area contributed by atoms with Crippen molar-refractivity contribution >= 4 is 17.5 Å². The lowest BCUT2D eigenvalue weighted by Crippen LogP contribution is -2.02. The highest BCUT2D eigenvalue weighted by Gasteiger charge is 2.35. The minimum atomic E-state index is -0.733. The van der Waals surface area contributed by atoms with Crippen LogP contribution in [-0.4, -0.2) is 19.0 Å². The van der Waals surface area contributed by atoms with Crippen LogP contribution in [0.2, 0.25) is 0 Å². The molecule has 0 N–H and O–H groups in total. The van der Waals surface area contributed by atoms with Crippen LogP contribution in [0.15, 0.2) is 30.0 Å². The Bertz CT molecular complexity index is 482. The van der Waals surface area contributed by atoms with Gasteiger partial charge in [-0.3, -0.25) is 0 Å². The summed E-state index contributed by atoms with van der Waals surface area (Å²) in [5, 5.41) is 0. The Labute approximate surface area is 92.5 Å². The number of hydrogen-bond acceptors (Lipinski definition) is 4. The Kier molecular flexibility index (Phi) is 2.48. The maximum atomic E-state index is 11.5. The second kappa shape index (κ2) is 3.81. The molecule has 1 aliphatic rings. The average Bonchev–Trinajstić information content (AvgIpc) is 2.54. The molecule has 0 saturated carbocycles. The minimum absolute atomic E-state index is 0.0335. The summed E-state index contributed by atoms with van der Waals surface area (Å²) in [5.41, 5.74) is 1.88. The van der Waals surface area contributed by atoms with Crippen molar-refractivity contribution in [3.05, 3.63) is 41.2 Å². The van der Waals surface area contributed by atoms with Gasteiger partial charge in [0.2, 0.25) is 5.76 Å². The summed E-state index contributed by atoms with van der Waals surface area (Å²) in [6.45, 7) is 1.94. The summed E-state index contributed by atoms with van der Waals surface area (Å²) in [5.74, 6) is -1.43. The number of cyclic esters (lactones) is 2. The van der Waals surface area contributed by atoms with Crippen LogP contribution in [0.3, 0.4) is 0 Å². The topological polar surface area (TPSA) is 52.6 Å². The lowest BCUT2D eigenvalue weighted by Gasteiger charge is -2.01. The van der Waals surface area contributed by atoms with E-state index in [2.05, 4.69) is 4.74 Å². The van der Waals surface area contributed by atoms with Crippen molar-refractivity contribution < 1.29 is 19.1 Å². The Morgan fingerprint density at radius 2 is 1.69 bits per heavy atom. The quantitative estimate of drug-likeness (QED) is 0.556. The number of methoxy groups -OCH3 is 1. The summed E-state index contributed by atoms with van der Waals surface area (Å²) < 4.78 is 9.36. The van der Waals surface area contributed by atoms with Gasteiger partial charge < -0.3 is 9.47 Å². The zero-order valence-corrected chi connectivity index (χ0v) is 8.94. The highest BCUT2D eigenvalue weighted by atomic mass is 16.6. The fraction of sp³-hybridized carbons (Fsp3) is 0.167. The number of esters is 2. The standard InChI is InChI=1S/C12H10O4/c1-7-3-5-8(6-4-7)9-10(15-2)12(14)16-11(9)13/h3-6H,1-2H3. The molecule has 0 aromatic heterocycles. The number of rotatable bonds is 2. The van der Waals surface area contributed by atoms with E-state index in [-0.39, 0.29) is 11.3 Å². The van der Waals surface area contributed by atoms with Crippen molar-refractivity contribution in [2.45, 2.75) is 6.92 Å². The molecule has 2 rings (SSSR count). The molecule has 0 atom stereocenters. The Balaban J connectivity index is 2.53. The minimum Gasteiger partial charge on any atom is -0.489 e. The predicted molar refractivity (Wildman–Crippen MR) is 56.2 cm³/mol. The van der Waals surface area contributed by atoms with Gasteiger partial charge in [-0.2, -0.15) is 0 Å². The van der Waals surface area contributed by atoms with Gasteiger partial charge in [0.1, 0.15) is 5.57 Å². The van der Waals surface area contributed by atoms with Crippen LogP contribution >= 0.6 is 0 Å². The third-order valence-electron chi connectivity index (χ3n) is 2.35. The first-order valence-corrected chi connectivity index (χ1v) is 4.75. The molecular formula is C12H10O4. The molecule has 1 aliphatic heterocycles. The Morgan fingerprint density at radius 3 is 2.25 bits per heavy atom. The SMILES string of the molecule is COC1=C(c2ccc(C)cc2)C(=O)OC1=O. The normalized spacial score (nSPS) is 15.4. The van der Waals surface area contributed by atoms with Gasteiger partial charge in [0, 0.05) is 0 Å². The molecule has 0 fully saturated rings. The van der Waals surface area contributed by atoms with Gasteiger partial charge in [-0.15, -0.1) is 0 Å². The van der Waals surface area contributed by atoms with Crippen molar-refractivity contribution in [2.24, 2.45) is 0 Å². The van der Waals surface area contributed by atoms with Crippen LogP contribution in [0.25, 0.3) is 5.57 Å². The smallest absolute Gasteiger partial charge is 0.382 e. The van der Waals surface area contributed by atoms with Crippen LogP contribution in [0.4, 0.5) is 0 Å². The third-order valence-corrected chi connectivity index (χ3v) is 2.35. The summed E-state index contributed by atoms with van der Waals surface area (Å²) in [6, 6.07) is 7.21. The van der Waals surface area contributed by atoms with Crippen molar-refractivity contribution in [2.75, 3.05) is 7.11 Å². The fourth-order valence-electron chi connectivity index (χ4n) is 1.53. The maximum absolute atomic E-state index is 11.5. The van der Waals surface area contributed by atoms with E-state index >= 15 is 0 Å². The van der Waals surface area contributed by atoms with E-state index in [1.54, 1.807) is 12.1 Å². The van der Waals surface area contributed by atoms with Gasteiger partial charge in [0.15, 0.2) is 0 Å². The first-order valence-electron chi connectivity index (χ1n) is 4.75. The third kappa shape index (κ3) is 1.58. The van der Waals surface area contributed by atoms with Gasteiger partial charge in [0.05, 0.1) is 7.11 Å². The van der Waals surface area contributed by atoms with Crippen LogP contribution in [-0.2, 0) is 19.1 Å². The zero-order valence-electron chi connectivity index (χ0n) is 8.94. The molecule has 4 nitrogen and oxygen atoms in total. The van der Waals surface area contributed by atoms with Crippen LogP contribution in [0.5, 0.6) is 0 Å². The first-order chi connectivity index (χ1) is 7.63. The van der Waals surface area contributed by atoms with E-state index in [0.29, 0.717) is 5.56 Å². The molecule has 16 heavy (non-hydrogen) atoms. The molecule has 0 amide bonds. The van der Waals surface area contributed by atoms with Crippen molar-refractivity contribution in [1.82, 2.24) is 0 Å². The van der Waals surface area contributed by atoms with E-state index in [1.807, 2.05) is 19.1 Å². The van der Waals surface area contributed by atoms with Crippen LogP contribution in [0, 0.1) is 6.92 Å². The summed E-state index contributed by atoms with van der Waals surface area (Å²) in [6.07, 6.45) is 0. The fourth-order valence-corrected chi connectivity index (χ4v) is 1.53. The second-order valence-electron chi connectivity index (χ2n) is 3.45. The van der Waals surface area contributed by atoms with E-state index in [9.17, 15) is 9.59 Å². The molecule has 1 heterocycles. The summed E-state index contributed by atoms with van der Waals surface area (Å²) >= 11 is 0. The number of hydrogen-bond donors (Lipinski definition) is 0. The number of aryl methyl sites for hydroxylation is 1. The molecule has 0 spiro atoms. The number of ether oxygens (including phenoxy) is 2. The summed E-state index contributed by atoms with van der Waals surface area (Å²) in [4.78, 5) is 22.7. The lowest BCUT2D eigenvalue weighted by atomic mass is 10.0. The molecule has 1 aromatic rings. The average molecular weight is 218 g/mol. The van der Waals surface area contributed by atoms with Crippen molar-refractivity contribution in [3.63, 3.8) is 0 Å². The first kappa shape index (κ1) is 10.4. The van der Waals surface area contributed by atoms with Gasteiger partial charge in [-0.05, 0) is 12.5 Å². The molecule has 82 valence electrons. The molecule has 0 unspecified atom stereocenters. The molecule has 0 bridgehead atoms. The molecule has 1 aromatic carbocycles. The highest BCUT2D eigenvalue weighted by Crippen LogP contribution is 2.27. The highest BCUT2D eigenvalue weighted by molar-refractivity contribution is 6.30. The molecule has 4 heteroatoms. The molecule has 0 saturated heterocycles. The second-order valence-corrected chi connectivity index (χ2v) is 3.45. The lowest BCUT2D eigenvalue weighted by molar-refractivity contribution is -0.151. The van der Waals surface area contributed by atoms with Gasteiger partial charge in [0.25, 0.3) is 0 Å². The predicted octanol–water partition coefficient (Wildman–Crippen LogP) is 1.44. The van der Waals surface area contributed by atoms with Crippen LogP contribution < -0.4 is 0 Å². The van der Waals surface area contributed by atoms with Gasteiger partial charge in [-0.25, -0.2) is 9.59 Å². The number of carbonyl (C=O) groups excluding carboxylic acids is 2. The van der Waals surface area contributed by atoms with Gasteiger partial charge >= 0.3 is 11.9 Å². The number of benzene rings is 1. The van der Waals surface area contributed by atoms with Crippen LogP contribution in [0.1, 0.15) is 11.1 Å². The van der Waals surface area contributed by atoms with Crippen molar-refractivity contribution in [3.8, 4) is 0 Å². The van der Waals surface area contributed by atoms with E-state index in [4.69, 9.17) is 4.74 Å². The number of carbonyl (C=O) groups is 2. The molecule has 0 radical (unpaired) electrons. The largest absolute Gasteiger partial charge is 0.489 e. The molecular weight excluding hydrogens is 208 g/mol. The summed E-state index contributed by atoms with van der Waals surface area (Å²) in [7, 11) is 1.34. The monoisotopic (exact) mass is 218 g/mol. The Hall–Kier alpha value is -2.10. The zero-order chi connectivity index (χ0) is 11.7. The van der Waals surface area contributed by atoms with Crippen molar-refractivity contribution in [1.29, 1.82) is 0 Å². The Morgan fingerprint density at radius 1 is 1.06 bits per heavy atom. The maximum Gasteiger partial charge on any atom is 0.382 e. The van der Waals surface area contributed by atoms with Gasteiger partial charge in [-0.1, -0.05) is 29.8 Å². The van der Waals surface area contributed by atoms with E-state index < -0.39 is 11.9 Å². The van der Waals surface area contributed by atoms with E-state index in [1.165, 1.54) is 7.11 Å². The van der Waals surface area contributed by atoms with E-state index in [0.717, 1.165) is 5.56 Å².